The van der Waals surface area contributed by atoms with Gasteiger partial charge in [0.2, 0.25) is 10.0 Å². The first-order chi connectivity index (χ1) is 13.3. The van der Waals surface area contributed by atoms with E-state index in [1.54, 1.807) is 12.1 Å². The van der Waals surface area contributed by atoms with E-state index in [0.29, 0.717) is 18.0 Å². The van der Waals surface area contributed by atoms with Gasteiger partial charge in [0.1, 0.15) is 0 Å². The van der Waals surface area contributed by atoms with Gasteiger partial charge in [-0.3, -0.25) is 9.69 Å². The second kappa shape index (κ2) is 9.18. The van der Waals surface area contributed by atoms with Crippen molar-refractivity contribution in [1.82, 2.24) is 9.62 Å². The minimum Gasteiger partial charge on any atom is -0.299 e. The second-order valence-electron chi connectivity index (χ2n) is 7.25. The lowest BCUT2D eigenvalue weighted by molar-refractivity contribution is 0.101. The average Bonchev–Trinajstić information content (AvgIpc) is 2.69. The Morgan fingerprint density at radius 2 is 1.86 bits per heavy atom. The Morgan fingerprint density at radius 1 is 1.14 bits per heavy atom. The molecule has 1 saturated heterocycles. The summed E-state index contributed by atoms with van der Waals surface area (Å²) in [4.78, 5) is 14.0. The van der Waals surface area contributed by atoms with Crippen LogP contribution in [0.25, 0.3) is 0 Å². The number of hydrogen-bond donors (Lipinski definition) is 1. The molecule has 0 bridgehead atoms. The number of nitrogens with one attached hydrogen (secondary N) is 1. The summed E-state index contributed by atoms with van der Waals surface area (Å²) in [7, 11) is -3.62. The standard InChI is InChI=1S/C21H25ClN2O3S/c1-16(25)18-6-4-7-20(13-18)28(26,27)23-14-17-9-11-24(12-10-17)15-19-5-2-3-8-21(19)22/h2-8,13,17,23H,9-12,14-15H2,1H3. The first kappa shape index (κ1) is 21.0. The van der Waals surface area contributed by atoms with Gasteiger partial charge in [-0.05, 0) is 62.5 Å². The lowest BCUT2D eigenvalue weighted by Crippen LogP contribution is -2.38. The number of likely N-dealkylation sites (tertiary alicyclic amines) is 1. The first-order valence-corrected chi connectivity index (χ1v) is 11.3. The van der Waals surface area contributed by atoms with Crippen LogP contribution in [-0.4, -0.2) is 38.7 Å². The Bertz CT molecular complexity index is 938. The van der Waals surface area contributed by atoms with Crippen LogP contribution >= 0.6 is 11.6 Å². The molecular formula is C21H25ClN2O3S. The molecular weight excluding hydrogens is 396 g/mol. The van der Waals surface area contributed by atoms with Crippen molar-refractivity contribution in [3.8, 4) is 0 Å². The summed E-state index contributed by atoms with van der Waals surface area (Å²) < 4.78 is 27.8. The van der Waals surface area contributed by atoms with Crippen LogP contribution in [0.2, 0.25) is 5.02 Å². The van der Waals surface area contributed by atoms with Gasteiger partial charge in [0.05, 0.1) is 4.90 Å². The van der Waals surface area contributed by atoms with E-state index in [4.69, 9.17) is 11.6 Å². The third-order valence-electron chi connectivity index (χ3n) is 5.17. The van der Waals surface area contributed by atoms with Gasteiger partial charge in [0, 0.05) is 23.7 Å². The topological polar surface area (TPSA) is 66.5 Å². The SMILES string of the molecule is CC(=O)c1cccc(S(=O)(=O)NCC2CCN(Cc3ccccc3Cl)CC2)c1. The molecule has 5 nitrogen and oxygen atoms in total. The number of piperidine rings is 1. The molecule has 2 aromatic carbocycles. The maximum atomic E-state index is 12.5. The summed E-state index contributed by atoms with van der Waals surface area (Å²) in [5, 5.41) is 0.783. The smallest absolute Gasteiger partial charge is 0.240 e. The molecule has 1 heterocycles. The summed E-state index contributed by atoms with van der Waals surface area (Å²) in [6.07, 6.45) is 1.86. The fourth-order valence-corrected chi connectivity index (χ4v) is 4.77. The Morgan fingerprint density at radius 3 is 2.54 bits per heavy atom. The van der Waals surface area contributed by atoms with Gasteiger partial charge in [0.25, 0.3) is 0 Å². The van der Waals surface area contributed by atoms with Gasteiger partial charge >= 0.3 is 0 Å². The summed E-state index contributed by atoms with van der Waals surface area (Å²) in [5.41, 5.74) is 1.52. The number of sulfonamides is 1. The zero-order chi connectivity index (χ0) is 20.1. The molecule has 0 spiro atoms. The lowest BCUT2D eigenvalue weighted by atomic mass is 9.97. The number of Topliss-reactive ketones (excluding diaryl/α,β-unsaturated/α-hetero) is 1. The summed E-state index contributed by atoms with van der Waals surface area (Å²) in [6.45, 7) is 4.48. The minimum absolute atomic E-state index is 0.136. The van der Waals surface area contributed by atoms with E-state index in [9.17, 15) is 13.2 Å². The number of hydrogen-bond acceptors (Lipinski definition) is 4. The van der Waals surface area contributed by atoms with Crippen LogP contribution in [0.1, 0.15) is 35.7 Å². The van der Waals surface area contributed by atoms with Gasteiger partial charge in [-0.1, -0.05) is 41.9 Å². The molecule has 0 aliphatic carbocycles. The molecule has 0 unspecified atom stereocenters. The highest BCUT2D eigenvalue weighted by atomic mass is 35.5. The molecule has 28 heavy (non-hydrogen) atoms. The number of rotatable bonds is 7. The van der Waals surface area contributed by atoms with Crippen molar-refractivity contribution in [2.45, 2.75) is 31.2 Å². The predicted octanol–water partition coefficient (Wildman–Crippen LogP) is 3.73. The largest absolute Gasteiger partial charge is 0.299 e. The molecule has 0 saturated carbocycles. The second-order valence-corrected chi connectivity index (χ2v) is 9.42. The minimum atomic E-state index is -3.62. The molecule has 1 aliphatic heterocycles. The number of benzene rings is 2. The van der Waals surface area contributed by atoms with Crippen LogP contribution in [0.4, 0.5) is 0 Å². The number of halogens is 1. The Labute approximate surface area is 171 Å². The molecule has 0 amide bonds. The summed E-state index contributed by atoms with van der Waals surface area (Å²) in [6, 6.07) is 14.0. The van der Waals surface area contributed by atoms with Crippen LogP contribution in [0.5, 0.6) is 0 Å². The van der Waals surface area contributed by atoms with Crippen molar-refractivity contribution in [2.75, 3.05) is 19.6 Å². The van der Waals surface area contributed by atoms with E-state index in [-0.39, 0.29) is 10.7 Å². The Hall–Kier alpha value is -1.73. The van der Waals surface area contributed by atoms with E-state index < -0.39 is 10.0 Å². The fraction of sp³-hybridized carbons (Fsp3) is 0.381. The van der Waals surface area contributed by atoms with Crippen molar-refractivity contribution < 1.29 is 13.2 Å². The van der Waals surface area contributed by atoms with Crippen LogP contribution in [0.15, 0.2) is 53.4 Å². The Kier molecular flexibility index (Phi) is 6.88. The molecule has 0 aromatic heterocycles. The molecule has 2 aromatic rings. The first-order valence-electron chi connectivity index (χ1n) is 9.41. The van der Waals surface area contributed by atoms with Gasteiger partial charge in [-0.2, -0.15) is 0 Å². The number of nitrogens with zero attached hydrogens (tertiary/aromatic N) is 1. The predicted molar refractivity (Wildman–Crippen MR) is 111 cm³/mol. The quantitative estimate of drug-likeness (QED) is 0.693. The summed E-state index contributed by atoms with van der Waals surface area (Å²) >= 11 is 6.24. The third-order valence-corrected chi connectivity index (χ3v) is 6.96. The maximum Gasteiger partial charge on any atom is 0.240 e. The third kappa shape index (κ3) is 5.41. The van der Waals surface area contributed by atoms with Gasteiger partial charge in [-0.15, -0.1) is 0 Å². The normalized spacial score (nSPS) is 16.2. The summed E-state index contributed by atoms with van der Waals surface area (Å²) in [5.74, 6) is 0.149. The molecule has 7 heteroatoms. The van der Waals surface area contributed by atoms with E-state index in [1.807, 2.05) is 24.3 Å². The highest BCUT2D eigenvalue weighted by Crippen LogP contribution is 2.22. The van der Waals surface area contributed by atoms with Crippen LogP contribution in [0, 0.1) is 5.92 Å². The van der Waals surface area contributed by atoms with Crippen molar-refractivity contribution in [2.24, 2.45) is 5.92 Å². The molecule has 150 valence electrons. The molecule has 1 fully saturated rings. The number of carbonyl (C=O) groups is 1. The van der Waals surface area contributed by atoms with E-state index in [1.165, 1.54) is 19.1 Å². The maximum absolute atomic E-state index is 12.5. The van der Waals surface area contributed by atoms with Crippen molar-refractivity contribution >= 4 is 27.4 Å². The highest BCUT2D eigenvalue weighted by Gasteiger charge is 2.22. The van der Waals surface area contributed by atoms with E-state index >= 15 is 0 Å². The van der Waals surface area contributed by atoms with Crippen LogP contribution in [0.3, 0.4) is 0 Å². The molecule has 0 radical (unpaired) electrons. The fourth-order valence-electron chi connectivity index (χ4n) is 3.41. The highest BCUT2D eigenvalue weighted by molar-refractivity contribution is 7.89. The Balaban J connectivity index is 1.51. The van der Waals surface area contributed by atoms with E-state index in [2.05, 4.69) is 9.62 Å². The zero-order valence-electron chi connectivity index (χ0n) is 15.9. The molecule has 1 aliphatic rings. The van der Waals surface area contributed by atoms with E-state index in [0.717, 1.165) is 43.1 Å². The zero-order valence-corrected chi connectivity index (χ0v) is 17.5. The lowest BCUT2D eigenvalue weighted by Gasteiger charge is -2.32. The van der Waals surface area contributed by atoms with Crippen LogP contribution < -0.4 is 4.72 Å². The van der Waals surface area contributed by atoms with Gasteiger partial charge in [0.15, 0.2) is 5.78 Å². The number of ketones is 1. The molecule has 1 N–H and O–H groups in total. The average molecular weight is 421 g/mol. The van der Waals surface area contributed by atoms with Crippen molar-refractivity contribution in [3.05, 3.63) is 64.7 Å². The molecule has 0 atom stereocenters. The molecule has 3 rings (SSSR count). The van der Waals surface area contributed by atoms with Gasteiger partial charge < -0.3 is 0 Å². The van der Waals surface area contributed by atoms with Crippen molar-refractivity contribution in [3.63, 3.8) is 0 Å². The van der Waals surface area contributed by atoms with Crippen molar-refractivity contribution in [1.29, 1.82) is 0 Å². The van der Waals surface area contributed by atoms with Gasteiger partial charge in [-0.25, -0.2) is 13.1 Å². The number of carbonyl (C=O) groups excluding carboxylic acids is 1. The monoisotopic (exact) mass is 420 g/mol. The van der Waals surface area contributed by atoms with Crippen LogP contribution in [-0.2, 0) is 16.6 Å².